The van der Waals surface area contributed by atoms with Gasteiger partial charge in [-0.2, -0.15) is 0 Å². The van der Waals surface area contributed by atoms with E-state index in [1.165, 1.54) is 0 Å². The molecule has 0 aliphatic carbocycles. The van der Waals surface area contributed by atoms with Crippen molar-refractivity contribution >= 4 is 82.3 Å². The molecule has 0 saturated carbocycles. The number of ether oxygens (including phenoxy) is 1. The molecule has 7 nitrogen and oxygen atoms in total. The van der Waals surface area contributed by atoms with E-state index in [0.29, 0.717) is 36.5 Å². The molecule has 40 heavy (non-hydrogen) atoms. The fourth-order valence-corrected chi connectivity index (χ4v) is 4.18. The predicted molar refractivity (Wildman–Crippen MR) is 174 cm³/mol. The van der Waals surface area contributed by atoms with Crippen LogP contribution in [-0.2, 0) is 0 Å². The molecule has 2 heterocycles. The number of benzene rings is 3. The Morgan fingerprint density at radius 1 is 1.00 bits per heavy atom. The van der Waals surface area contributed by atoms with Crippen molar-refractivity contribution in [2.24, 2.45) is 16.6 Å². The number of imidazole rings is 1. The van der Waals surface area contributed by atoms with Gasteiger partial charge in [0.05, 0.1) is 16.6 Å². The molecule has 5 aromatic rings. The minimum Gasteiger partial charge on any atom is -0.492 e. The highest BCUT2D eigenvalue weighted by Gasteiger charge is 2.09. The van der Waals surface area contributed by atoms with Crippen LogP contribution in [0, 0.1) is 5.92 Å². The largest absolute Gasteiger partial charge is 0.492 e. The van der Waals surface area contributed by atoms with E-state index in [1.807, 2.05) is 66.7 Å². The molecule has 0 aliphatic heterocycles. The van der Waals surface area contributed by atoms with E-state index < -0.39 is 0 Å². The van der Waals surface area contributed by atoms with Gasteiger partial charge in [0.25, 0.3) is 0 Å². The molecule has 0 radical (unpaired) electrons. The average Bonchev–Trinajstić information content (AvgIpc) is 3.33. The fraction of sp³-hybridized carbons (Fsp3) is 0.207. The summed E-state index contributed by atoms with van der Waals surface area (Å²) in [6.45, 7) is 6.12. The van der Waals surface area contributed by atoms with E-state index in [2.05, 4.69) is 34.1 Å². The van der Waals surface area contributed by atoms with Crippen LogP contribution >= 0.6 is 48.8 Å². The van der Waals surface area contributed by atoms with Crippen LogP contribution in [0.2, 0.25) is 5.02 Å². The van der Waals surface area contributed by atoms with E-state index in [-0.39, 0.29) is 37.2 Å². The van der Waals surface area contributed by atoms with Crippen molar-refractivity contribution in [2.45, 2.75) is 13.8 Å². The van der Waals surface area contributed by atoms with Crippen molar-refractivity contribution in [3.05, 3.63) is 83.5 Å². The van der Waals surface area contributed by atoms with Crippen molar-refractivity contribution in [2.75, 3.05) is 25.0 Å². The molecule has 3 aromatic carbocycles. The first-order valence-electron chi connectivity index (χ1n) is 12.3. The molecule has 2 aromatic heterocycles. The molecular formula is C29H32Cl4N6O. The van der Waals surface area contributed by atoms with Crippen molar-refractivity contribution in [3.8, 4) is 17.1 Å². The first-order valence-corrected chi connectivity index (χ1v) is 12.7. The zero-order valence-corrected chi connectivity index (χ0v) is 25.3. The van der Waals surface area contributed by atoms with Crippen LogP contribution in [0.1, 0.15) is 19.4 Å². The quantitative estimate of drug-likeness (QED) is 0.0896. The predicted octanol–water partition coefficient (Wildman–Crippen LogP) is 7.55. The molecule has 4 N–H and O–H groups in total. The van der Waals surface area contributed by atoms with Gasteiger partial charge in [0, 0.05) is 46.5 Å². The Labute approximate surface area is 257 Å². The van der Waals surface area contributed by atoms with E-state index >= 15 is 0 Å². The van der Waals surface area contributed by atoms with Gasteiger partial charge in [0.1, 0.15) is 24.0 Å². The van der Waals surface area contributed by atoms with Crippen molar-refractivity contribution in [1.82, 2.24) is 15.0 Å². The van der Waals surface area contributed by atoms with Crippen LogP contribution in [0.25, 0.3) is 33.3 Å². The first kappa shape index (κ1) is 33.0. The van der Waals surface area contributed by atoms with Crippen LogP contribution in [0.4, 0.5) is 5.69 Å². The molecule has 5 rings (SSSR count). The highest BCUT2D eigenvalue weighted by molar-refractivity contribution is 6.31. The summed E-state index contributed by atoms with van der Waals surface area (Å²) in [7, 11) is 0. The number of aromatic nitrogens is 3. The summed E-state index contributed by atoms with van der Waals surface area (Å²) < 4.78 is 5.93. The number of halogens is 4. The second-order valence-electron chi connectivity index (χ2n) is 9.26. The third-order valence-corrected chi connectivity index (χ3v) is 6.16. The maximum Gasteiger partial charge on any atom is 0.138 e. The molecule has 0 atom stereocenters. The summed E-state index contributed by atoms with van der Waals surface area (Å²) in [6.07, 6.45) is 1.77. The second kappa shape index (κ2) is 15.0. The maximum absolute atomic E-state index is 6.17. The van der Waals surface area contributed by atoms with E-state index in [4.69, 9.17) is 27.1 Å². The number of fused-ring (bicyclic) bond motifs is 2. The molecule has 11 heteroatoms. The van der Waals surface area contributed by atoms with Crippen LogP contribution in [0.3, 0.4) is 0 Å². The summed E-state index contributed by atoms with van der Waals surface area (Å²) in [5.74, 6) is 2.60. The number of hydrogen-bond donors (Lipinski definition) is 3. The average molecular weight is 622 g/mol. The van der Waals surface area contributed by atoms with Crippen LogP contribution in [-0.4, -0.2) is 40.5 Å². The van der Waals surface area contributed by atoms with Crippen LogP contribution in [0.15, 0.2) is 77.9 Å². The number of aromatic amines is 1. The molecule has 0 fully saturated rings. The number of amidine groups is 1. The number of rotatable bonds is 9. The van der Waals surface area contributed by atoms with Gasteiger partial charge in [0.2, 0.25) is 0 Å². The van der Waals surface area contributed by atoms with Gasteiger partial charge < -0.3 is 20.8 Å². The summed E-state index contributed by atoms with van der Waals surface area (Å²) in [5, 5.41) is 5.12. The van der Waals surface area contributed by atoms with Crippen LogP contribution < -0.4 is 15.8 Å². The third-order valence-electron chi connectivity index (χ3n) is 5.92. The van der Waals surface area contributed by atoms with Gasteiger partial charge in [-0.15, -0.1) is 37.2 Å². The van der Waals surface area contributed by atoms with Gasteiger partial charge in [-0.05, 0) is 72.6 Å². The Morgan fingerprint density at radius 2 is 1.77 bits per heavy atom. The Hall–Kier alpha value is -3.23. The van der Waals surface area contributed by atoms with E-state index in [1.54, 1.807) is 6.20 Å². The Balaban J connectivity index is 0.00000187. The summed E-state index contributed by atoms with van der Waals surface area (Å²) in [4.78, 5) is 17.0. The topological polar surface area (TPSA) is 101 Å². The van der Waals surface area contributed by atoms with Gasteiger partial charge in [0.15, 0.2) is 0 Å². The lowest BCUT2D eigenvalue weighted by atomic mass is 10.2. The van der Waals surface area contributed by atoms with Gasteiger partial charge in [-0.1, -0.05) is 25.4 Å². The standard InChI is InChI=1S/C29H29ClN6O.3ClH/c1-18(2)17-34-28(31)20-5-10-25-27(15-20)36-29(35-25)19-3-7-22(8-4-19)37-14-13-33-24-11-12-32-26-16-21(30)6-9-23(24)26;;;/h3-12,15-16,18H,13-14,17H2,1-2H3,(H2,31,34)(H,32,33)(H,35,36);3*1H. The zero-order chi connectivity index (χ0) is 25.8. The van der Waals surface area contributed by atoms with Gasteiger partial charge >= 0.3 is 0 Å². The zero-order valence-electron chi connectivity index (χ0n) is 22.1. The summed E-state index contributed by atoms with van der Waals surface area (Å²) in [6, 6.07) is 21.5. The highest BCUT2D eigenvalue weighted by atomic mass is 35.5. The summed E-state index contributed by atoms with van der Waals surface area (Å²) >= 11 is 6.08. The van der Waals surface area contributed by atoms with Crippen LogP contribution in [0.5, 0.6) is 5.75 Å². The SMILES string of the molecule is CC(C)CN=C(N)c1ccc2nc(-c3ccc(OCCNc4ccnc5cc(Cl)ccc45)cc3)[nH]c2c1.Cl.Cl.Cl. The molecule has 0 amide bonds. The molecule has 0 spiro atoms. The number of nitrogens with two attached hydrogens (primary N) is 1. The van der Waals surface area contributed by atoms with Crippen molar-refractivity contribution in [1.29, 1.82) is 0 Å². The lowest BCUT2D eigenvalue weighted by molar-refractivity contribution is 0.333. The van der Waals surface area contributed by atoms with E-state index in [9.17, 15) is 0 Å². The molecule has 212 valence electrons. The number of hydrogen-bond acceptors (Lipinski definition) is 5. The Bertz CT molecular complexity index is 1570. The maximum atomic E-state index is 6.17. The normalized spacial score (nSPS) is 11.1. The summed E-state index contributed by atoms with van der Waals surface area (Å²) in [5.41, 5.74) is 11.7. The Morgan fingerprint density at radius 3 is 2.52 bits per heavy atom. The second-order valence-corrected chi connectivity index (χ2v) is 9.69. The lowest BCUT2D eigenvalue weighted by Gasteiger charge is -2.11. The number of nitrogens with zero attached hydrogens (tertiary/aromatic N) is 3. The number of aliphatic imine (C=N–C) groups is 1. The number of pyridine rings is 1. The van der Waals surface area contributed by atoms with Gasteiger partial charge in [-0.25, -0.2) is 4.98 Å². The van der Waals surface area contributed by atoms with Crippen molar-refractivity contribution < 1.29 is 4.74 Å². The Kier molecular flexibility index (Phi) is 12.3. The fourth-order valence-electron chi connectivity index (χ4n) is 4.02. The molecule has 0 saturated heterocycles. The molecular weight excluding hydrogens is 590 g/mol. The molecule has 0 aliphatic rings. The monoisotopic (exact) mass is 620 g/mol. The van der Waals surface area contributed by atoms with Crippen molar-refractivity contribution in [3.63, 3.8) is 0 Å². The highest BCUT2D eigenvalue weighted by Crippen LogP contribution is 2.25. The number of H-pyrrole nitrogens is 1. The number of nitrogens with one attached hydrogen (secondary N) is 2. The smallest absolute Gasteiger partial charge is 0.138 e. The number of anilines is 1. The van der Waals surface area contributed by atoms with E-state index in [0.717, 1.165) is 50.3 Å². The third kappa shape index (κ3) is 7.92. The molecule has 0 unspecified atom stereocenters. The minimum atomic E-state index is 0. The van der Waals surface area contributed by atoms with Gasteiger partial charge in [-0.3, -0.25) is 9.98 Å². The first-order chi connectivity index (χ1) is 18.0. The molecule has 0 bridgehead atoms. The lowest BCUT2D eigenvalue weighted by Crippen LogP contribution is -2.14. The minimum absolute atomic E-state index is 0.